The van der Waals surface area contributed by atoms with Crippen LogP contribution in [0.25, 0.3) is 11.0 Å². The average molecular weight is 456 g/mol. The fraction of sp³-hybridized carbons (Fsp3) is 0.333. The van der Waals surface area contributed by atoms with Crippen molar-refractivity contribution in [3.8, 4) is 0 Å². The summed E-state index contributed by atoms with van der Waals surface area (Å²) in [5, 5.41) is 9.81. The second-order valence-corrected chi connectivity index (χ2v) is 8.27. The van der Waals surface area contributed by atoms with E-state index in [-0.39, 0.29) is 16.4 Å². The number of halogens is 2. The number of benzene rings is 2. The van der Waals surface area contributed by atoms with Gasteiger partial charge in [0.1, 0.15) is 17.2 Å². The molecule has 0 saturated carbocycles. The summed E-state index contributed by atoms with van der Waals surface area (Å²) in [6.45, 7) is 2.67. The number of carboxylic acids is 1. The van der Waals surface area contributed by atoms with Crippen molar-refractivity contribution < 1.29 is 27.8 Å². The monoisotopic (exact) mass is 456 g/mol. The van der Waals surface area contributed by atoms with Crippen LogP contribution in [-0.4, -0.2) is 43.9 Å². The van der Waals surface area contributed by atoms with Crippen molar-refractivity contribution in [2.75, 3.05) is 42.6 Å². The van der Waals surface area contributed by atoms with E-state index >= 15 is 0 Å². The van der Waals surface area contributed by atoms with E-state index in [0.29, 0.717) is 62.0 Å². The minimum Gasteiger partial charge on any atom is -0.478 e. The molecule has 0 radical (unpaired) electrons. The zero-order chi connectivity index (χ0) is 23.1. The average Bonchev–Trinajstić information content (AvgIpc) is 3.28. The first-order valence-electron chi connectivity index (χ1n) is 10.8. The third-order valence-electron chi connectivity index (χ3n) is 6.20. The number of aromatic carboxylic acids is 1. The van der Waals surface area contributed by atoms with Gasteiger partial charge >= 0.3 is 5.97 Å². The topological polar surface area (TPSA) is 83.2 Å². The van der Waals surface area contributed by atoms with Crippen LogP contribution in [0.2, 0.25) is 0 Å². The van der Waals surface area contributed by atoms with E-state index in [1.165, 1.54) is 30.3 Å². The van der Waals surface area contributed by atoms with Gasteiger partial charge in [-0.25, -0.2) is 13.6 Å². The van der Waals surface area contributed by atoms with Gasteiger partial charge in [0.15, 0.2) is 11.3 Å². The molecule has 172 valence electrons. The minimum absolute atomic E-state index is 0.0406. The number of carbonyl (C=O) groups is 1. The van der Waals surface area contributed by atoms with Crippen molar-refractivity contribution in [1.82, 2.24) is 0 Å². The molecule has 33 heavy (non-hydrogen) atoms. The van der Waals surface area contributed by atoms with Gasteiger partial charge in [-0.2, -0.15) is 0 Å². The zero-order valence-corrected chi connectivity index (χ0v) is 17.7. The Morgan fingerprint density at radius 3 is 2.42 bits per heavy atom. The van der Waals surface area contributed by atoms with Crippen molar-refractivity contribution in [2.24, 2.45) is 0 Å². The van der Waals surface area contributed by atoms with E-state index in [0.717, 1.165) is 12.5 Å². The number of hydrogen-bond donors (Lipinski definition) is 1. The van der Waals surface area contributed by atoms with Crippen LogP contribution in [0, 0.1) is 11.6 Å². The molecule has 1 aromatic heterocycles. The summed E-state index contributed by atoms with van der Waals surface area (Å²) in [5.74, 6) is -2.17. The number of carboxylic acid groups (broad SMARTS) is 1. The van der Waals surface area contributed by atoms with Gasteiger partial charge in [0, 0.05) is 43.0 Å². The first-order valence-corrected chi connectivity index (χ1v) is 10.8. The predicted octanol–water partition coefficient (Wildman–Crippen LogP) is 3.95. The molecular formula is C24H22F2N2O5. The second-order valence-electron chi connectivity index (χ2n) is 8.27. The number of nitrogens with zero attached hydrogens (tertiary/aromatic N) is 2. The lowest BCUT2D eigenvalue weighted by atomic mass is 9.98. The third-order valence-corrected chi connectivity index (χ3v) is 6.20. The molecule has 0 unspecified atom stereocenters. The van der Waals surface area contributed by atoms with Crippen molar-refractivity contribution in [3.05, 3.63) is 69.4 Å². The number of morpholine rings is 1. The SMILES string of the molecule is O=C(O)c1cc([C@@H]2CCCN2c2cc(F)cc(F)c2)c2oc(N3CCOCC3)cc(=O)c2c1. The quantitative estimate of drug-likeness (QED) is 0.637. The van der Waals surface area contributed by atoms with Gasteiger partial charge in [-0.1, -0.05) is 0 Å². The van der Waals surface area contributed by atoms with Gasteiger partial charge in [-0.05, 0) is 37.1 Å². The molecule has 3 heterocycles. The number of anilines is 2. The molecule has 2 saturated heterocycles. The van der Waals surface area contributed by atoms with E-state index in [2.05, 4.69) is 0 Å². The normalized spacial score (nSPS) is 18.8. The van der Waals surface area contributed by atoms with Crippen LogP contribution in [-0.2, 0) is 4.74 Å². The molecule has 7 nitrogen and oxygen atoms in total. The van der Waals surface area contributed by atoms with Gasteiger partial charge < -0.3 is 24.1 Å². The zero-order valence-electron chi connectivity index (χ0n) is 17.7. The van der Waals surface area contributed by atoms with Crippen LogP contribution < -0.4 is 15.2 Å². The Kier molecular flexibility index (Phi) is 5.49. The maximum absolute atomic E-state index is 13.9. The van der Waals surface area contributed by atoms with Gasteiger partial charge in [-0.3, -0.25) is 4.79 Å². The van der Waals surface area contributed by atoms with E-state index < -0.39 is 23.6 Å². The Labute approximate surface area is 187 Å². The molecular weight excluding hydrogens is 434 g/mol. The molecule has 1 atom stereocenters. The second kappa shape index (κ2) is 8.47. The van der Waals surface area contributed by atoms with Crippen molar-refractivity contribution in [2.45, 2.75) is 18.9 Å². The van der Waals surface area contributed by atoms with E-state index in [1.54, 1.807) is 0 Å². The maximum Gasteiger partial charge on any atom is 0.335 e. The Morgan fingerprint density at radius 1 is 1.00 bits per heavy atom. The van der Waals surface area contributed by atoms with Crippen LogP contribution in [0.5, 0.6) is 0 Å². The first kappa shape index (κ1) is 21.4. The van der Waals surface area contributed by atoms with E-state index in [4.69, 9.17) is 9.15 Å². The number of hydrogen-bond acceptors (Lipinski definition) is 6. The maximum atomic E-state index is 13.9. The van der Waals surface area contributed by atoms with Crippen molar-refractivity contribution in [1.29, 1.82) is 0 Å². The van der Waals surface area contributed by atoms with Crippen molar-refractivity contribution >= 4 is 28.5 Å². The Hall–Kier alpha value is -3.46. The molecule has 0 spiro atoms. The standard InChI is InChI=1S/C24H22F2N2O5/c25-15-10-16(26)12-17(11-15)28-3-1-2-20(28)18-8-14(24(30)31)9-19-21(29)13-22(33-23(18)19)27-4-6-32-7-5-27/h8-13,20H,1-7H2,(H,30,31)/t20-/m0/s1. The largest absolute Gasteiger partial charge is 0.478 e. The Bertz CT molecular complexity index is 1270. The number of fused-ring (bicyclic) bond motifs is 1. The molecule has 9 heteroatoms. The van der Waals surface area contributed by atoms with Crippen LogP contribution in [0.4, 0.5) is 20.4 Å². The fourth-order valence-corrected chi connectivity index (χ4v) is 4.69. The molecule has 2 aliphatic heterocycles. The fourth-order valence-electron chi connectivity index (χ4n) is 4.69. The molecule has 5 rings (SSSR count). The van der Waals surface area contributed by atoms with Crippen LogP contribution >= 0.6 is 0 Å². The summed E-state index contributed by atoms with van der Waals surface area (Å²) in [5.41, 5.74) is 0.780. The minimum atomic E-state index is -1.17. The summed E-state index contributed by atoms with van der Waals surface area (Å²) >= 11 is 0. The summed E-state index contributed by atoms with van der Waals surface area (Å²) in [6.07, 6.45) is 1.34. The van der Waals surface area contributed by atoms with Crippen LogP contribution in [0.15, 0.2) is 45.6 Å². The molecule has 2 aromatic carbocycles. The number of ether oxygens (including phenoxy) is 1. The van der Waals surface area contributed by atoms with Gasteiger partial charge in [0.25, 0.3) is 0 Å². The Morgan fingerprint density at radius 2 is 1.73 bits per heavy atom. The predicted molar refractivity (Wildman–Crippen MR) is 118 cm³/mol. The highest BCUT2D eigenvalue weighted by Gasteiger charge is 2.31. The molecule has 3 aromatic rings. The molecule has 2 aliphatic rings. The van der Waals surface area contributed by atoms with Gasteiger partial charge in [0.2, 0.25) is 0 Å². The lowest BCUT2D eigenvalue weighted by Crippen LogP contribution is -2.36. The Balaban J connectivity index is 1.68. The molecule has 2 fully saturated rings. The van der Waals surface area contributed by atoms with Gasteiger partial charge in [-0.15, -0.1) is 0 Å². The van der Waals surface area contributed by atoms with Crippen LogP contribution in [0.3, 0.4) is 0 Å². The summed E-state index contributed by atoms with van der Waals surface area (Å²) in [6, 6.07) is 7.09. The summed E-state index contributed by atoms with van der Waals surface area (Å²) in [7, 11) is 0. The lowest BCUT2D eigenvalue weighted by Gasteiger charge is -2.29. The molecule has 0 amide bonds. The first-order chi connectivity index (χ1) is 15.9. The summed E-state index contributed by atoms with van der Waals surface area (Å²) < 4.78 is 39.4. The van der Waals surface area contributed by atoms with Crippen LogP contribution in [0.1, 0.15) is 34.8 Å². The van der Waals surface area contributed by atoms with E-state index in [9.17, 15) is 23.5 Å². The number of rotatable bonds is 4. The lowest BCUT2D eigenvalue weighted by molar-refractivity contribution is 0.0697. The van der Waals surface area contributed by atoms with Gasteiger partial charge in [0.05, 0.1) is 30.2 Å². The highest BCUT2D eigenvalue weighted by Crippen LogP contribution is 2.40. The molecule has 0 aliphatic carbocycles. The third kappa shape index (κ3) is 4.04. The molecule has 1 N–H and O–H groups in total. The van der Waals surface area contributed by atoms with Crippen molar-refractivity contribution in [3.63, 3.8) is 0 Å². The highest BCUT2D eigenvalue weighted by atomic mass is 19.1. The highest BCUT2D eigenvalue weighted by molar-refractivity contribution is 5.94. The molecule has 0 bridgehead atoms. The smallest absolute Gasteiger partial charge is 0.335 e. The summed E-state index contributed by atoms with van der Waals surface area (Å²) in [4.78, 5) is 28.5. The van der Waals surface area contributed by atoms with E-state index in [1.807, 2.05) is 9.80 Å².